The molecule has 0 N–H and O–H groups in total. The van der Waals surface area contributed by atoms with Crippen LogP contribution in [0.15, 0.2) is 24.3 Å². The second-order valence-corrected chi connectivity index (χ2v) is 6.71. The Kier molecular flexibility index (Phi) is 4.76. The summed E-state index contributed by atoms with van der Waals surface area (Å²) >= 11 is 0. The van der Waals surface area contributed by atoms with Crippen LogP contribution in [0.2, 0.25) is 0 Å². The van der Waals surface area contributed by atoms with E-state index in [0.29, 0.717) is 11.6 Å². The molecule has 0 radical (unpaired) electrons. The Morgan fingerprint density at radius 2 is 1.65 bits per heavy atom. The lowest BCUT2D eigenvalue weighted by atomic mass is 9.89. The van der Waals surface area contributed by atoms with E-state index in [1.54, 1.807) is 0 Å². The van der Waals surface area contributed by atoms with Crippen LogP contribution in [0.5, 0.6) is 0 Å². The van der Waals surface area contributed by atoms with Crippen molar-refractivity contribution in [2.45, 2.75) is 50.7 Å². The zero-order valence-electron chi connectivity index (χ0n) is 13.1. The topological polar surface area (TPSA) is 20.3 Å². The number of ketones is 1. The van der Waals surface area contributed by atoms with E-state index in [0.717, 1.165) is 38.1 Å². The van der Waals surface area contributed by atoms with Crippen LogP contribution in [0.3, 0.4) is 0 Å². The van der Waals surface area contributed by atoms with Gasteiger partial charge in [-0.1, -0.05) is 25.0 Å². The molecule has 1 saturated heterocycles. The molecule has 23 heavy (non-hydrogen) atoms. The van der Waals surface area contributed by atoms with Gasteiger partial charge in [0, 0.05) is 24.1 Å². The summed E-state index contributed by atoms with van der Waals surface area (Å²) in [5, 5.41) is 0. The molecule has 2 nitrogen and oxygen atoms in total. The van der Waals surface area contributed by atoms with Crippen molar-refractivity contribution in [3.05, 3.63) is 35.4 Å². The molecule has 0 amide bonds. The lowest BCUT2D eigenvalue weighted by molar-refractivity contribution is -0.137. The number of alkyl halides is 3. The lowest BCUT2D eigenvalue weighted by Gasteiger charge is -2.36. The number of hydrogen-bond donors (Lipinski definition) is 0. The molecular weight excluding hydrogens is 303 g/mol. The monoisotopic (exact) mass is 325 g/mol. The summed E-state index contributed by atoms with van der Waals surface area (Å²) in [5.74, 6) is -0.0949. The third-order valence-corrected chi connectivity index (χ3v) is 5.16. The van der Waals surface area contributed by atoms with Gasteiger partial charge >= 0.3 is 6.18 Å². The number of halogens is 3. The highest BCUT2D eigenvalue weighted by atomic mass is 19.4. The predicted molar refractivity (Wildman–Crippen MR) is 82.3 cm³/mol. The van der Waals surface area contributed by atoms with E-state index < -0.39 is 11.7 Å². The minimum atomic E-state index is -4.36. The molecular formula is C18H22F3NO. The van der Waals surface area contributed by atoms with E-state index in [4.69, 9.17) is 0 Å². The van der Waals surface area contributed by atoms with Crippen molar-refractivity contribution in [2.75, 3.05) is 13.1 Å². The number of carbonyl (C=O) groups excluding carboxylic acids is 1. The molecule has 1 saturated carbocycles. The molecule has 1 aliphatic carbocycles. The minimum Gasteiger partial charge on any atom is -0.300 e. The maximum Gasteiger partial charge on any atom is 0.416 e. The zero-order valence-corrected chi connectivity index (χ0v) is 13.1. The molecule has 5 heteroatoms. The average molecular weight is 325 g/mol. The zero-order chi connectivity index (χ0) is 16.4. The molecule has 1 aromatic carbocycles. The molecule has 1 aromatic rings. The fourth-order valence-corrected chi connectivity index (χ4v) is 3.88. The Bertz CT molecular complexity index is 546. The highest BCUT2D eigenvalue weighted by Crippen LogP contribution is 2.31. The van der Waals surface area contributed by atoms with Crippen LogP contribution < -0.4 is 0 Å². The van der Waals surface area contributed by atoms with Gasteiger partial charge in [-0.05, 0) is 44.4 Å². The van der Waals surface area contributed by atoms with Crippen LogP contribution >= 0.6 is 0 Å². The molecule has 2 aliphatic rings. The first-order chi connectivity index (χ1) is 10.9. The van der Waals surface area contributed by atoms with E-state index in [2.05, 4.69) is 4.90 Å². The van der Waals surface area contributed by atoms with Gasteiger partial charge in [0.05, 0.1) is 5.56 Å². The van der Waals surface area contributed by atoms with Crippen molar-refractivity contribution in [2.24, 2.45) is 5.92 Å². The molecule has 1 atom stereocenters. The van der Waals surface area contributed by atoms with Crippen LogP contribution in [0, 0.1) is 5.92 Å². The number of benzene rings is 1. The fourth-order valence-electron chi connectivity index (χ4n) is 3.88. The maximum atomic E-state index is 12.6. The normalized spacial score (nSPS) is 24.0. The molecule has 0 bridgehead atoms. The summed E-state index contributed by atoms with van der Waals surface area (Å²) in [6.07, 6.45) is 2.42. The van der Waals surface area contributed by atoms with Crippen molar-refractivity contribution >= 4 is 5.78 Å². The number of nitrogens with zero attached hydrogens (tertiary/aromatic N) is 1. The first kappa shape index (κ1) is 16.5. The smallest absolute Gasteiger partial charge is 0.300 e. The van der Waals surface area contributed by atoms with Crippen molar-refractivity contribution in [3.63, 3.8) is 0 Å². The second-order valence-electron chi connectivity index (χ2n) is 6.71. The second kappa shape index (κ2) is 6.63. The van der Waals surface area contributed by atoms with Crippen molar-refractivity contribution in [3.8, 4) is 0 Å². The van der Waals surface area contributed by atoms with Crippen LogP contribution in [0.25, 0.3) is 0 Å². The van der Waals surface area contributed by atoms with Gasteiger partial charge in [0.15, 0.2) is 5.78 Å². The van der Waals surface area contributed by atoms with E-state index in [-0.39, 0.29) is 11.7 Å². The summed E-state index contributed by atoms with van der Waals surface area (Å²) in [6, 6.07) is 5.24. The summed E-state index contributed by atoms with van der Waals surface area (Å²) in [5.41, 5.74) is -0.304. The van der Waals surface area contributed by atoms with Gasteiger partial charge in [0.25, 0.3) is 0 Å². The highest BCUT2D eigenvalue weighted by molar-refractivity contribution is 5.98. The number of rotatable bonds is 3. The van der Waals surface area contributed by atoms with Gasteiger partial charge in [-0.25, -0.2) is 0 Å². The fraction of sp³-hybridized carbons (Fsp3) is 0.611. The number of hydrogen-bond acceptors (Lipinski definition) is 2. The third kappa shape index (κ3) is 3.77. The Morgan fingerprint density at radius 3 is 2.26 bits per heavy atom. The predicted octanol–water partition coefficient (Wildman–Crippen LogP) is 4.54. The van der Waals surface area contributed by atoms with Gasteiger partial charge in [-0.15, -0.1) is 0 Å². The number of likely N-dealkylation sites (tertiary alicyclic amines) is 1. The summed E-state index contributed by atoms with van der Waals surface area (Å²) in [7, 11) is 0. The minimum absolute atomic E-state index is 0.0126. The van der Waals surface area contributed by atoms with E-state index in [9.17, 15) is 18.0 Å². The van der Waals surface area contributed by atoms with Crippen molar-refractivity contribution in [1.82, 2.24) is 4.90 Å². The summed E-state index contributed by atoms with van der Waals surface area (Å²) in [4.78, 5) is 15.0. The molecule has 2 fully saturated rings. The average Bonchev–Trinajstić information content (AvgIpc) is 3.08. The van der Waals surface area contributed by atoms with Crippen LogP contribution in [-0.4, -0.2) is 29.8 Å². The summed E-state index contributed by atoms with van der Waals surface area (Å²) < 4.78 is 37.8. The van der Waals surface area contributed by atoms with Gasteiger partial charge in [0.1, 0.15) is 0 Å². The number of piperidine rings is 1. The standard InChI is InChI=1S/C18H22F3NO/c19-18(20,21)15-9-7-13(8-10-15)17(23)14-4-3-11-22(12-14)16-5-1-2-6-16/h7-10,14,16H,1-6,11-12H2. The van der Waals surface area contributed by atoms with Crippen molar-refractivity contribution in [1.29, 1.82) is 0 Å². The Morgan fingerprint density at radius 1 is 1.00 bits per heavy atom. The molecule has 0 spiro atoms. The van der Waals surface area contributed by atoms with Gasteiger partial charge in [0.2, 0.25) is 0 Å². The number of Topliss-reactive ketones (excluding diaryl/α,β-unsaturated/α-hetero) is 1. The Hall–Kier alpha value is -1.36. The maximum absolute atomic E-state index is 12.6. The quantitative estimate of drug-likeness (QED) is 0.760. The Balaban J connectivity index is 1.67. The van der Waals surface area contributed by atoms with Crippen LogP contribution in [0.1, 0.15) is 54.4 Å². The largest absolute Gasteiger partial charge is 0.416 e. The molecule has 1 unspecified atom stereocenters. The van der Waals surface area contributed by atoms with Crippen molar-refractivity contribution < 1.29 is 18.0 Å². The highest BCUT2D eigenvalue weighted by Gasteiger charge is 2.33. The van der Waals surface area contributed by atoms with Crippen LogP contribution in [-0.2, 0) is 6.18 Å². The molecule has 1 aliphatic heterocycles. The third-order valence-electron chi connectivity index (χ3n) is 5.16. The molecule has 1 heterocycles. The molecule has 126 valence electrons. The first-order valence-corrected chi connectivity index (χ1v) is 8.40. The molecule has 3 rings (SSSR count). The lowest BCUT2D eigenvalue weighted by Crippen LogP contribution is -2.43. The van der Waals surface area contributed by atoms with Gasteiger partial charge in [-0.2, -0.15) is 13.2 Å². The number of carbonyl (C=O) groups is 1. The first-order valence-electron chi connectivity index (χ1n) is 8.40. The van der Waals surface area contributed by atoms with E-state index in [1.165, 1.54) is 37.8 Å². The Labute approximate surface area is 134 Å². The van der Waals surface area contributed by atoms with Crippen LogP contribution in [0.4, 0.5) is 13.2 Å². The van der Waals surface area contributed by atoms with E-state index in [1.807, 2.05) is 0 Å². The van der Waals surface area contributed by atoms with E-state index >= 15 is 0 Å². The van der Waals surface area contributed by atoms with Gasteiger partial charge < -0.3 is 0 Å². The summed E-state index contributed by atoms with van der Waals surface area (Å²) in [6.45, 7) is 1.80. The van der Waals surface area contributed by atoms with Gasteiger partial charge in [-0.3, -0.25) is 9.69 Å². The SMILES string of the molecule is O=C(c1ccc(C(F)(F)F)cc1)C1CCCN(C2CCCC2)C1. The molecule has 0 aromatic heterocycles.